The molecule has 6 heteroatoms. The van der Waals surface area contributed by atoms with Crippen LogP contribution in [0.15, 0.2) is 30.3 Å². The molecule has 2 aromatic carbocycles. The molecule has 19 heavy (non-hydrogen) atoms. The van der Waals surface area contributed by atoms with Crippen molar-refractivity contribution in [2.45, 2.75) is 6.54 Å². The first-order chi connectivity index (χ1) is 8.99. The molecule has 1 nitrogen and oxygen atoms in total. The van der Waals surface area contributed by atoms with E-state index >= 15 is 0 Å². The van der Waals surface area contributed by atoms with Gasteiger partial charge in [0.15, 0.2) is 5.82 Å². The molecular weight excluding hydrogens is 315 g/mol. The van der Waals surface area contributed by atoms with Gasteiger partial charge in [0.2, 0.25) is 0 Å². The SMILES string of the molecule is Fc1c(Cl)cc(NCc2cccc(Cl)c2F)cc1Cl. The van der Waals surface area contributed by atoms with Gasteiger partial charge in [0.25, 0.3) is 0 Å². The summed E-state index contributed by atoms with van der Waals surface area (Å²) in [7, 11) is 0. The Hall–Kier alpha value is -1.03. The molecule has 0 fully saturated rings. The molecule has 0 saturated carbocycles. The third kappa shape index (κ3) is 3.30. The summed E-state index contributed by atoms with van der Waals surface area (Å²) in [6, 6.07) is 7.47. The first-order valence-corrected chi connectivity index (χ1v) is 6.43. The van der Waals surface area contributed by atoms with Gasteiger partial charge < -0.3 is 5.32 Å². The van der Waals surface area contributed by atoms with Crippen LogP contribution in [-0.2, 0) is 6.54 Å². The Kier molecular flexibility index (Phi) is 4.50. The number of anilines is 1. The molecular formula is C13H8Cl3F2N. The van der Waals surface area contributed by atoms with Gasteiger partial charge in [-0.15, -0.1) is 0 Å². The van der Waals surface area contributed by atoms with Gasteiger partial charge in [-0.2, -0.15) is 0 Å². The number of halogens is 5. The van der Waals surface area contributed by atoms with E-state index in [1.165, 1.54) is 18.2 Å². The molecule has 0 bridgehead atoms. The van der Waals surface area contributed by atoms with Crippen molar-refractivity contribution in [2.24, 2.45) is 0 Å². The van der Waals surface area contributed by atoms with E-state index in [1.54, 1.807) is 12.1 Å². The molecule has 0 aliphatic rings. The molecule has 2 rings (SSSR count). The lowest BCUT2D eigenvalue weighted by atomic mass is 10.2. The maximum absolute atomic E-state index is 13.6. The van der Waals surface area contributed by atoms with Crippen LogP contribution in [0.25, 0.3) is 0 Å². The minimum absolute atomic E-state index is 0.0504. The fourth-order valence-corrected chi connectivity index (χ4v) is 2.22. The summed E-state index contributed by atoms with van der Waals surface area (Å²) >= 11 is 17.0. The van der Waals surface area contributed by atoms with E-state index in [1.807, 2.05) is 0 Å². The standard InChI is InChI=1S/C13H8Cl3F2N/c14-9-3-1-2-7(12(9)17)6-19-8-4-10(15)13(18)11(16)5-8/h1-5,19H,6H2. The van der Waals surface area contributed by atoms with E-state index in [9.17, 15) is 8.78 Å². The number of hydrogen-bond donors (Lipinski definition) is 1. The quantitative estimate of drug-likeness (QED) is 0.732. The highest BCUT2D eigenvalue weighted by Gasteiger charge is 2.09. The summed E-state index contributed by atoms with van der Waals surface area (Å²) in [5.74, 6) is -1.17. The molecule has 0 saturated heterocycles. The Balaban J connectivity index is 2.17. The lowest BCUT2D eigenvalue weighted by Gasteiger charge is -2.09. The molecule has 0 atom stereocenters. The fraction of sp³-hybridized carbons (Fsp3) is 0.0769. The Morgan fingerprint density at radius 1 is 0.895 bits per heavy atom. The van der Waals surface area contributed by atoms with Gasteiger partial charge >= 0.3 is 0 Å². The van der Waals surface area contributed by atoms with Gasteiger partial charge in [-0.1, -0.05) is 46.9 Å². The third-order valence-corrected chi connectivity index (χ3v) is 3.34. The Bertz CT molecular complexity index is 594. The first kappa shape index (κ1) is 14.4. The Morgan fingerprint density at radius 2 is 1.53 bits per heavy atom. The molecule has 0 aliphatic carbocycles. The highest BCUT2D eigenvalue weighted by Crippen LogP contribution is 2.28. The van der Waals surface area contributed by atoms with Crippen molar-refractivity contribution >= 4 is 40.5 Å². The number of nitrogens with one attached hydrogen (secondary N) is 1. The maximum atomic E-state index is 13.6. The van der Waals surface area contributed by atoms with Crippen molar-refractivity contribution in [3.8, 4) is 0 Å². The second-order valence-electron chi connectivity index (χ2n) is 3.82. The second kappa shape index (κ2) is 5.95. The Labute approximate surface area is 124 Å². The summed E-state index contributed by atoms with van der Waals surface area (Å²) in [5, 5.41) is 2.76. The number of hydrogen-bond acceptors (Lipinski definition) is 1. The number of benzene rings is 2. The molecule has 2 aromatic rings. The van der Waals surface area contributed by atoms with Crippen molar-refractivity contribution in [1.29, 1.82) is 0 Å². The predicted molar refractivity (Wildman–Crippen MR) is 75.2 cm³/mol. The Morgan fingerprint density at radius 3 is 2.16 bits per heavy atom. The summed E-state index contributed by atoms with van der Waals surface area (Å²) in [6.07, 6.45) is 0. The lowest BCUT2D eigenvalue weighted by Crippen LogP contribution is -2.02. The molecule has 0 radical (unpaired) electrons. The second-order valence-corrected chi connectivity index (χ2v) is 5.04. The topological polar surface area (TPSA) is 12.0 Å². The first-order valence-electron chi connectivity index (χ1n) is 5.30. The van der Waals surface area contributed by atoms with Gasteiger partial charge in [-0.05, 0) is 18.2 Å². The van der Waals surface area contributed by atoms with Crippen LogP contribution in [0.5, 0.6) is 0 Å². The van der Waals surface area contributed by atoms with Crippen LogP contribution in [0.4, 0.5) is 14.5 Å². The van der Waals surface area contributed by atoms with Crippen molar-refractivity contribution in [1.82, 2.24) is 0 Å². The molecule has 0 spiro atoms. The van der Waals surface area contributed by atoms with Crippen molar-refractivity contribution in [3.63, 3.8) is 0 Å². The van der Waals surface area contributed by atoms with E-state index in [0.29, 0.717) is 11.3 Å². The van der Waals surface area contributed by atoms with E-state index in [4.69, 9.17) is 34.8 Å². The van der Waals surface area contributed by atoms with Crippen LogP contribution in [0.1, 0.15) is 5.56 Å². The zero-order chi connectivity index (χ0) is 14.0. The molecule has 0 aromatic heterocycles. The minimum Gasteiger partial charge on any atom is -0.381 e. The molecule has 100 valence electrons. The van der Waals surface area contributed by atoms with E-state index in [-0.39, 0.29) is 21.6 Å². The smallest absolute Gasteiger partial charge is 0.160 e. The fourth-order valence-electron chi connectivity index (χ4n) is 1.54. The highest BCUT2D eigenvalue weighted by atomic mass is 35.5. The average molecular weight is 323 g/mol. The van der Waals surface area contributed by atoms with Crippen LogP contribution >= 0.6 is 34.8 Å². The molecule has 0 heterocycles. The monoisotopic (exact) mass is 321 g/mol. The molecule has 0 amide bonds. The van der Waals surface area contributed by atoms with E-state index < -0.39 is 11.6 Å². The largest absolute Gasteiger partial charge is 0.381 e. The van der Waals surface area contributed by atoms with Gasteiger partial charge in [0.1, 0.15) is 5.82 Å². The van der Waals surface area contributed by atoms with E-state index in [2.05, 4.69) is 5.32 Å². The molecule has 1 N–H and O–H groups in total. The van der Waals surface area contributed by atoms with Crippen LogP contribution < -0.4 is 5.32 Å². The number of rotatable bonds is 3. The van der Waals surface area contributed by atoms with Crippen LogP contribution in [0, 0.1) is 11.6 Å². The van der Waals surface area contributed by atoms with Crippen LogP contribution in [0.2, 0.25) is 15.1 Å². The summed E-state index contributed by atoms with van der Waals surface area (Å²) in [5.41, 5.74) is 0.889. The minimum atomic E-state index is -0.678. The summed E-state index contributed by atoms with van der Waals surface area (Å²) < 4.78 is 26.9. The normalized spacial score (nSPS) is 10.6. The van der Waals surface area contributed by atoms with Crippen molar-refractivity contribution < 1.29 is 8.78 Å². The lowest BCUT2D eigenvalue weighted by molar-refractivity contribution is 0.613. The zero-order valence-electron chi connectivity index (χ0n) is 9.48. The van der Waals surface area contributed by atoms with Crippen LogP contribution in [-0.4, -0.2) is 0 Å². The van der Waals surface area contributed by atoms with Gasteiger partial charge in [0, 0.05) is 17.8 Å². The summed E-state index contributed by atoms with van der Waals surface area (Å²) in [4.78, 5) is 0. The summed E-state index contributed by atoms with van der Waals surface area (Å²) in [6.45, 7) is 0.185. The van der Waals surface area contributed by atoms with E-state index in [0.717, 1.165) is 0 Å². The highest BCUT2D eigenvalue weighted by molar-refractivity contribution is 6.35. The third-order valence-electron chi connectivity index (χ3n) is 2.50. The molecule has 0 aliphatic heterocycles. The molecule has 0 unspecified atom stereocenters. The maximum Gasteiger partial charge on any atom is 0.160 e. The van der Waals surface area contributed by atoms with Gasteiger partial charge in [-0.3, -0.25) is 0 Å². The van der Waals surface area contributed by atoms with Gasteiger partial charge in [0.05, 0.1) is 15.1 Å². The van der Waals surface area contributed by atoms with Crippen LogP contribution in [0.3, 0.4) is 0 Å². The van der Waals surface area contributed by atoms with Crippen molar-refractivity contribution in [3.05, 3.63) is 62.6 Å². The average Bonchev–Trinajstić information content (AvgIpc) is 2.37. The predicted octanol–water partition coefficient (Wildman–Crippen LogP) is 5.54. The van der Waals surface area contributed by atoms with Crippen molar-refractivity contribution in [2.75, 3.05) is 5.32 Å². The zero-order valence-corrected chi connectivity index (χ0v) is 11.8. The van der Waals surface area contributed by atoms with Gasteiger partial charge in [-0.25, -0.2) is 8.78 Å².